The van der Waals surface area contributed by atoms with Crippen LogP contribution in [0.4, 0.5) is 10.5 Å². The predicted molar refractivity (Wildman–Crippen MR) is 90.7 cm³/mol. The molecule has 0 bridgehead atoms. The lowest BCUT2D eigenvalue weighted by Crippen LogP contribution is -2.33. The molecule has 122 valence electrons. The summed E-state index contributed by atoms with van der Waals surface area (Å²) in [6.07, 6.45) is 0. The third kappa shape index (κ3) is 5.00. The lowest BCUT2D eigenvalue weighted by Gasteiger charge is -2.19. The van der Waals surface area contributed by atoms with Crippen LogP contribution in [-0.4, -0.2) is 36.2 Å². The number of ether oxygens (including phenoxy) is 1. The Hall–Kier alpha value is -2.53. The van der Waals surface area contributed by atoms with Crippen LogP contribution < -0.4 is 10.1 Å². The van der Waals surface area contributed by atoms with E-state index in [0.717, 1.165) is 11.1 Å². The number of nitrogens with zero attached hydrogens (tertiary/aromatic N) is 1. The third-order valence-corrected chi connectivity index (χ3v) is 3.40. The maximum absolute atomic E-state index is 12.1. The highest BCUT2D eigenvalue weighted by Crippen LogP contribution is 2.27. The molecule has 0 saturated heterocycles. The first kappa shape index (κ1) is 16.8. The molecule has 0 fully saturated rings. The fourth-order valence-corrected chi connectivity index (χ4v) is 2.05. The summed E-state index contributed by atoms with van der Waals surface area (Å²) in [4.78, 5) is 13.5. The summed E-state index contributed by atoms with van der Waals surface area (Å²) in [7, 11) is 1.63. The van der Waals surface area contributed by atoms with Crippen molar-refractivity contribution in [2.45, 2.75) is 13.5 Å². The molecule has 0 spiro atoms. The van der Waals surface area contributed by atoms with Crippen LogP contribution >= 0.6 is 0 Å². The summed E-state index contributed by atoms with van der Waals surface area (Å²) in [5.41, 5.74) is 2.72. The second-order valence-corrected chi connectivity index (χ2v) is 5.35. The topological polar surface area (TPSA) is 61.8 Å². The Labute approximate surface area is 136 Å². The van der Waals surface area contributed by atoms with E-state index in [1.165, 1.54) is 4.90 Å². The van der Waals surface area contributed by atoms with Crippen LogP contribution in [0.5, 0.6) is 5.75 Å². The van der Waals surface area contributed by atoms with Gasteiger partial charge in [-0.25, -0.2) is 4.79 Å². The molecule has 0 aliphatic rings. The Morgan fingerprint density at radius 2 is 1.96 bits per heavy atom. The van der Waals surface area contributed by atoms with Gasteiger partial charge in [0.15, 0.2) is 0 Å². The van der Waals surface area contributed by atoms with Crippen LogP contribution in [-0.2, 0) is 6.61 Å². The molecule has 2 amide bonds. The van der Waals surface area contributed by atoms with Crippen molar-refractivity contribution < 1.29 is 14.6 Å². The smallest absolute Gasteiger partial charge is 0.321 e. The standard InChI is InChI=1S/C18H22N2O3/c1-14-8-9-16(19-18(22)20(2)10-11-21)17(12-14)23-13-15-6-4-3-5-7-15/h3-9,12,21H,10-11,13H2,1-2H3,(H,19,22). The van der Waals surface area contributed by atoms with Gasteiger partial charge >= 0.3 is 6.03 Å². The number of carbonyl (C=O) groups is 1. The third-order valence-electron chi connectivity index (χ3n) is 3.40. The zero-order valence-corrected chi connectivity index (χ0v) is 13.5. The summed E-state index contributed by atoms with van der Waals surface area (Å²) >= 11 is 0. The number of carbonyl (C=O) groups excluding carboxylic acids is 1. The minimum atomic E-state index is -0.285. The van der Waals surface area contributed by atoms with E-state index in [9.17, 15) is 4.79 Å². The van der Waals surface area contributed by atoms with Crippen molar-refractivity contribution in [3.63, 3.8) is 0 Å². The summed E-state index contributed by atoms with van der Waals surface area (Å²) in [6, 6.07) is 15.2. The monoisotopic (exact) mass is 314 g/mol. The van der Waals surface area contributed by atoms with Crippen LogP contribution in [0.3, 0.4) is 0 Å². The molecule has 0 unspecified atom stereocenters. The molecule has 0 heterocycles. The minimum Gasteiger partial charge on any atom is -0.487 e. The Morgan fingerprint density at radius 1 is 1.22 bits per heavy atom. The van der Waals surface area contributed by atoms with Crippen molar-refractivity contribution in [3.8, 4) is 5.75 Å². The molecule has 2 aromatic carbocycles. The van der Waals surface area contributed by atoms with Crippen molar-refractivity contribution >= 4 is 11.7 Å². The van der Waals surface area contributed by atoms with Crippen molar-refractivity contribution in [2.75, 3.05) is 25.5 Å². The maximum atomic E-state index is 12.1. The first-order valence-electron chi connectivity index (χ1n) is 7.50. The van der Waals surface area contributed by atoms with Gasteiger partial charge in [0.25, 0.3) is 0 Å². The van der Waals surface area contributed by atoms with Crippen molar-refractivity contribution in [1.82, 2.24) is 4.90 Å². The Bertz CT molecular complexity index is 644. The summed E-state index contributed by atoms with van der Waals surface area (Å²) in [5, 5.41) is 11.7. The number of urea groups is 1. The lowest BCUT2D eigenvalue weighted by molar-refractivity contribution is 0.202. The van der Waals surface area contributed by atoms with E-state index in [0.29, 0.717) is 18.0 Å². The van der Waals surface area contributed by atoms with Crippen LogP contribution in [0.2, 0.25) is 0 Å². The van der Waals surface area contributed by atoms with Crippen molar-refractivity contribution in [1.29, 1.82) is 0 Å². The molecule has 0 saturated carbocycles. The molecule has 0 atom stereocenters. The fourth-order valence-electron chi connectivity index (χ4n) is 2.05. The zero-order chi connectivity index (χ0) is 16.7. The van der Waals surface area contributed by atoms with Crippen molar-refractivity contribution in [2.24, 2.45) is 0 Å². The van der Waals surface area contributed by atoms with Gasteiger partial charge in [-0.15, -0.1) is 0 Å². The highest BCUT2D eigenvalue weighted by atomic mass is 16.5. The van der Waals surface area contributed by atoms with E-state index in [1.54, 1.807) is 7.05 Å². The molecule has 0 radical (unpaired) electrons. The van der Waals surface area contributed by atoms with Crippen LogP contribution in [0.25, 0.3) is 0 Å². The maximum Gasteiger partial charge on any atom is 0.321 e. The zero-order valence-electron chi connectivity index (χ0n) is 13.5. The van der Waals surface area contributed by atoms with E-state index in [-0.39, 0.29) is 19.2 Å². The molecule has 0 aliphatic carbocycles. The summed E-state index contributed by atoms with van der Waals surface area (Å²) in [5.74, 6) is 0.625. The number of hydrogen-bond acceptors (Lipinski definition) is 3. The Balaban J connectivity index is 2.09. The molecule has 5 heteroatoms. The van der Waals surface area contributed by atoms with E-state index >= 15 is 0 Å². The Morgan fingerprint density at radius 3 is 2.65 bits per heavy atom. The van der Waals surface area contributed by atoms with Crippen LogP contribution in [0, 0.1) is 6.92 Å². The van der Waals surface area contributed by atoms with Gasteiger partial charge in [-0.3, -0.25) is 0 Å². The van der Waals surface area contributed by atoms with Crippen LogP contribution in [0.15, 0.2) is 48.5 Å². The molecule has 0 aromatic heterocycles. The quantitative estimate of drug-likeness (QED) is 0.861. The van der Waals surface area contributed by atoms with E-state index in [1.807, 2.05) is 55.5 Å². The normalized spacial score (nSPS) is 10.2. The number of rotatable bonds is 6. The van der Waals surface area contributed by atoms with Crippen LogP contribution in [0.1, 0.15) is 11.1 Å². The molecular formula is C18H22N2O3. The average molecular weight is 314 g/mol. The predicted octanol–water partition coefficient (Wildman–Crippen LogP) is 3.03. The molecule has 2 aromatic rings. The van der Waals surface area contributed by atoms with Gasteiger partial charge in [0.05, 0.1) is 12.3 Å². The number of aliphatic hydroxyl groups is 1. The van der Waals surface area contributed by atoms with Gasteiger partial charge in [-0.05, 0) is 30.2 Å². The van der Waals surface area contributed by atoms with Crippen molar-refractivity contribution in [3.05, 3.63) is 59.7 Å². The summed E-state index contributed by atoms with van der Waals surface area (Å²) in [6.45, 7) is 2.60. The number of aliphatic hydroxyl groups excluding tert-OH is 1. The van der Waals surface area contributed by atoms with Gasteiger partial charge < -0.3 is 20.1 Å². The largest absolute Gasteiger partial charge is 0.487 e. The molecule has 2 rings (SSSR count). The lowest BCUT2D eigenvalue weighted by atomic mass is 10.2. The molecule has 0 aliphatic heterocycles. The second kappa shape index (κ2) is 8.19. The number of nitrogens with one attached hydrogen (secondary N) is 1. The number of amides is 2. The molecule has 5 nitrogen and oxygen atoms in total. The second-order valence-electron chi connectivity index (χ2n) is 5.35. The first-order chi connectivity index (χ1) is 11.1. The Kier molecular flexibility index (Phi) is 6.00. The molecular weight excluding hydrogens is 292 g/mol. The fraction of sp³-hybridized carbons (Fsp3) is 0.278. The average Bonchev–Trinajstić information content (AvgIpc) is 2.56. The van der Waals surface area contributed by atoms with E-state index in [2.05, 4.69) is 5.32 Å². The number of anilines is 1. The number of benzene rings is 2. The number of likely N-dealkylation sites (N-methyl/N-ethyl adjacent to an activating group) is 1. The molecule has 23 heavy (non-hydrogen) atoms. The summed E-state index contributed by atoms with van der Waals surface area (Å²) < 4.78 is 5.86. The number of aryl methyl sites for hydroxylation is 1. The highest BCUT2D eigenvalue weighted by molar-refractivity contribution is 5.90. The van der Waals surface area contributed by atoms with Gasteiger partial charge in [0.2, 0.25) is 0 Å². The van der Waals surface area contributed by atoms with E-state index < -0.39 is 0 Å². The highest BCUT2D eigenvalue weighted by Gasteiger charge is 2.12. The van der Waals surface area contributed by atoms with E-state index in [4.69, 9.17) is 9.84 Å². The van der Waals surface area contributed by atoms with Gasteiger partial charge in [-0.2, -0.15) is 0 Å². The molecule has 2 N–H and O–H groups in total. The number of hydrogen-bond donors (Lipinski definition) is 2. The van der Waals surface area contributed by atoms with Gasteiger partial charge in [0, 0.05) is 13.6 Å². The SMILES string of the molecule is Cc1ccc(NC(=O)N(C)CCO)c(OCc2ccccc2)c1. The minimum absolute atomic E-state index is 0.0742. The first-order valence-corrected chi connectivity index (χ1v) is 7.50. The van der Waals surface area contributed by atoms with Gasteiger partial charge in [-0.1, -0.05) is 36.4 Å². The van der Waals surface area contributed by atoms with Gasteiger partial charge in [0.1, 0.15) is 12.4 Å².